The van der Waals surface area contributed by atoms with E-state index < -0.39 is 74.5 Å². The molecule has 222 valence electrons. The normalized spacial score (nSPS) is 15.8. The Morgan fingerprint density at radius 1 is 0.564 bits per heavy atom. The molecule has 1 aliphatic heterocycles. The lowest BCUT2D eigenvalue weighted by molar-refractivity contribution is -0.144. The van der Waals surface area contributed by atoms with Crippen LogP contribution in [0.1, 0.15) is 52.3 Å². The van der Waals surface area contributed by atoms with E-state index in [2.05, 4.69) is 5.32 Å². The van der Waals surface area contributed by atoms with E-state index in [1.807, 2.05) is 0 Å². The highest BCUT2D eigenvalue weighted by Gasteiger charge is 2.40. The summed E-state index contributed by atoms with van der Waals surface area (Å²) < 4.78 is 165. The Morgan fingerprint density at radius 2 is 0.846 bits per heavy atom. The van der Waals surface area contributed by atoms with Gasteiger partial charge in [-0.2, -0.15) is 52.7 Å². The van der Waals surface area contributed by atoms with Crippen molar-refractivity contribution in [2.75, 3.05) is 31.9 Å². The van der Waals surface area contributed by atoms with Gasteiger partial charge in [0.25, 0.3) is 0 Å². The summed E-state index contributed by atoms with van der Waals surface area (Å²) in [5.41, 5.74) is -8.99. The molecule has 2 aromatic rings. The van der Waals surface area contributed by atoms with Gasteiger partial charge >= 0.3 is 24.7 Å². The maximum Gasteiger partial charge on any atom is 0.416 e. The maximum atomic E-state index is 13.3. The van der Waals surface area contributed by atoms with Gasteiger partial charge in [-0.05, 0) is 92.2 Å². The molecule has 0 aliphatic carbocycles. The quantitative estimate of drug-likeness (QED) is 0.353. The molecule has 15 heteroatoms. The summed E-state index contributed by atoms with van der Waals surface area (Å²) in [6, 6.07) is 0.407. The molecule has 1 N–H and O–H groups in total. The third-order valence-corrected chi connectivity index (χ3v) is 5.94. The first-order valence-corrected chi connectivity index (χ1v) is 13.9. The minimum absolute atomic E-state index is 0.207. The third kappa shape index (κ3) is 10.1. The van der Waals surface area contributed by atoms with Crippen LogP contribution in [0.4, 0.5) is 52.7 Å². The number of halogens is 12. The van der Waals surface area contributed by atoms with E-state index in [0.29, 0.717) is 0 Å². The van der Waals surface area contributed by atoms with Crippen molar-refractivity contribution in [1.82, 2.24) is 5.32 Å². The Kier molecular flexibility index (Phi) is 9.98. The van der Waals surface area contributed by atoms with Gasteiger partial charge in [-0.15, -0.1) is 10.3 Å². The highest BCUT2D eigenvalue weighted by Crippen LogP contribution is 2.48. The van der Waals surface area contributed by atoms with Crippen LogP contribution >= 0.6 is 10.3 Å². The van der Waals surface area contributed by atoms with Crippen LogP contribution in [0.25, 0.3) is 0 Å². The zero-order valence-electron chi connectivity index (χ0n) is 20.7. The molecular formula is C24H25F12NOS. The van der Waals surface area contributed by atoms with Crippen LogP contribution in [0.5, 0.6) is 0 Å². The molecule has 1 heterocycles. The van der Waals surface area contributed by atoms with Crippen LogP contribution in [0.15, 0.2) is 36.4 Å². The van der Waals surface area contributed by atoms with Crippen molar-refractivity contribution >= 4 is 10.3 Å². The molecule has 0 aromatic heterocycles. The Labute approximate surface area is 218 Å². The molecule has 1 saturated heterocycles. The average Bonchev–Trinajstić information content (AvgIpc) is 3.34. The van der Waals surface area contributed by atoms with Crippen molar-refractivity contribution in [3.63, 3.8) is 0 Å². The molecule has 0 radical (unpaired) electrons. The molecule has 1 aliphatic rings. The Balaban J connectivity index is 0.000000953. The summed E-state index contributed by atoms with van der Waals surface area (Å²) in [7, 11) is -2.34. The van der Waals surface area contributed by atoms with Crippen LogP contribution in [0.3, 0.4) is 0 Å². The van der Waals surface area contributed by atoms with Gasteiger partial charge < -0.3 is 9.50 Å². The predicted molar refractivity (Wildman–Crippen MR) is 123 cm³/mol. The molecular weight excluding hydrogens is 578 g/mol. The highest BCUT2D eigenvalue weighted by molar-refractivity contribution is 8.28. The molecule has 2 nitrogen and oxygen atoms in total. The van der Waals surface area contributed by atoms with Crippen LogP contribution in [-0.2, 0) is 28.9 Å². The third-order valence-electron chi connectivity index (χ3n) is 5.17. The van der Waals surface area contributed by atoms with Gasteiger partial charge in [0.05, 0.1) is 22.3 Å². The second-order valence-electron chi connectivity index (χ2n) is 9.34. The van der Waals surface area contributed by atoms with Crippen LogP contribution < -0.4 is 5.32 Å². The summed E-state index contributed by atoms with van der Waals surface area (Å²) in [4.78, 5) is 0. The van der Waals surface area contributed by atoms with E-state index in [1.54, 1.807) is 0 Å². The minimum Gasteiger partial charge on any atom is -0.325 e. The van der Waals surface area contributed by atoms with E-state index in [0.717, 1.165) is 0 Å². The standard InChI is InChI=1S/C20H16F12OS.C4H9N/c1-34(2,3)33-16(10-4-12(17(21,22)23)8-13(5-10)18(24,25)26)11-6-14(19(27,28)29)9-15(7-11)20(30,31)32;1-2-4-5-3-1/h4-9,16H,1-3H3;5H,1-4H2. The van der Waals surface area contributed by atoms with Gasteiger partial charge in [-0.3, -0.25) is 0 Å². The van der Waals surface area contributed by atoms with Crippen molar-refractivity contribution in [2.45, 2.75) is 43.7 Å². The first kappa shape index (κ1) is 33.1. The van der Waals surface area contributed by atoms with Crippen molar-refractivity contribution in [3.05, 3.63) is 69.8 Å². The second-order valence-corrected chi connectivity index (χ2v) is 13.0. The number of hydrogen-bond acceptors (Lipinski definition) is 2. The average molecular weight is 604 g/mol. The van der Waals surface area contributed by atoms with Gasteiger partial charge in [0.2, 0.25) is 0 Å². The highest BCUT2D eigenvalue weighted by atomic mass is 32.3. The van der Waals surface area contributed by atoms with Gasteiger partial charge in [0.15, 0.2) is 0 Å². The largest absolute Gasteiger partial charge is 0.416 e. The van der Waals surface area contributed by atoms with E-state index in [9.17, 15) is 52.7 Å². The molecule has 0 saturated carbocycles. The predicted octanol–water partition coefficient (Wildman–Crippen LogP) is 8.85. The lowest BCUT2D eigenvalue weighted by Gasteiger charge is -2.33. The molecule has 0 atom stereocenters. The number of hydrogen-bond donors (Lipinski definition) is 1. The van der Waals surface area contributed by atoms with Crippen molar-refractivity contribution in [2.24, 2.45) is 0 Å². The molecule has 39 heavy (non-hydrogen) atoms. The molecule has 0 bridgehead atoms. The molecule has 1 fully saturated rings. The van der Waals surface area contributed by atoms with Gasteiger partial charge in [-0.25, -0.2) is 0 Å². The molecule has 0 unspecified atom stereocenters. The lowest BCUT2D eigenvalue weighted by Crippen LogP contribution is -2.17. The zero-order chi connectivity index (χ0) is 30.0. The van der Waals surface area contributed by atoms with Crippen molar-refractivity contribution in [1.29, 1.82) is 0 Å². The summed E-state index contributed by atoms with van der Waals surface area (Å²) in [5, 5.41) is 3.22. The Bertz CT molecular complexity index is 963. The first-order chi connectivity index (χ1) is 17.5. The molecule has 2 aromatic carbocycles. The summed E-state index contributed by atoms with van der Waals surface area (Å²) >= 11 is 0. The monoisotopic (exact) mass is 603 g/mol. The summed E-state index contributed by atoms with van der Waals surface area (Å²) in [6.45, 7) is 2.50. The van der Waals surface area contributed by atoms with Gasteiger partial charge in [0, 0.05) is 0 Å². The lowest BCUT2D eigenvalue weighted by atomic mass is 9.94. The molecule has 3 rings (SSSR count). The smallest absolute Gasteiger partial charge is 0.325 e. The number of rotatable bonds is 4. The Hall–Kier alpha value is -2.13. The van der Waals surface area contributed by atoms with Gasteiger partial charge in [-0.1, -0.05) is 0 Å². The zero-order valence-corrected chi connectivity index (χ0v) is 21.5. The van der Waals surface area contributed by atoms with E-state index in [-0.39, 0.29) is 36.4 Å². The fourth-order valence-electron chi connectivity index (χ4n) is 3.48. The topological polar surface area (TPSA) is 21.3 Å². The number of alkyl halides is 12. The second kappa shape index (κ2) is 11.8. The van der Waals surface area contributed by atoms with Crippen LogP contribution in [0.2, 0.25) is 0 Å². The number of nitrogens with one attached hydrogen (secondary N) is 1. The van der Waals surface area contributed by atoms with E-state index in [4.69, 9.17) is 4.18 Å². The van der Waals surface area contributed by atoms with Crippen LogP contribution in [0, 0.1) is 0 Å². The minimum atomic E-state index is -5.29. The summed E-state index contributed by atoms with van der Waals surface area (Å²) in [6.07, 6.45) is -16.4. The molecule has 0 amide bonds. The number of benzene rings is 2. The first-order valence-electron chi connectivity index (χ1n) is 11.1. The SMILES string of the molecule is C1CCNC1.CS(C)(C)OC(c1cc(C(F)(F)F)cc(C(F)(F)F)c1)c1cc(C(F)(F)F)cc(C(F)(F)F)c1. The van der Waals surface area contributed by atoms with Gasteiger partial charge in [0.1, 0.15) is 6.10 Å². The summed E-state index contributed by atoms with van der Waals surface area (Å²) in [5.74, 6) is 0. The van der Waals surface area contributed by atoms with E-state index >= 15 is 0 Å². The van der Waals surface area contributed by atoms with Crippen LogP contribution in [-0.4, -0.2) is 31.9 Å². The maximum absolute atomic E-state index is 13.3. The molecule has 0 spiro atoms. The van der Waals surface area contributed by atoms with Crippen molar-refractivity contribution < 1.29 is 56.9 Å². The Morgan fingerprint density at radius 3 is 1.03 bits per heavy atom. The fraction of sp³-hybridized carbons (Fsp3) is 0.500. The fourth-order valence-corrected chi connectivity index (χ4v) is 4.28. The van der Waals surface area contributed by atoms with Crippen molar-refractivity contribution in [3.8, 4) is 0 Å². The van der Waals surface area contributed by atoms with E-state index in [1.165, 1.54) is 44.7 Å².